The topological polar surface area (TPSA) is 104 Å². The standard InChI is InChI=1S/C25H29N3O5S2/c1-18-9-14-24(15-19(18)2)28(35(5,32)33)17-20-10-12-21(13-11-20)25(29)26-22-7-6-8-23(16-22)27(3)34(4,30)31/h6-16H,17H2,1-5H3,(H,26,29). The van der Waals surface area contributed by atoms with Crippen molar-refractivity contribution >= 4 is 43.0 Å². The van der Waals surface area contributed by atoms with E-state index in [4.69, 9.17) is 0 Å². The minimum atomic E-state index is -3.53. The Labute approximate surface area is 207 Å². The van der Waals surface area contributed by atoms with Crippen LogP contribution >= 0.6 is 0 Å². The maximum absolute atomic E-state index is 12.7. The van der Waals surface area contributed by atoms with E-state index >= 15 is 0 Å². The van der Waals surface area contributed by atoms with Crippen LogP contribution in [0.5, 0.6) is 0 Å². The lowest BCUT2D eigenvalue weighted by Crippen LogP contribution is -2.29. The molecule has 0 unspecified atom stereocenters. The summed E-state index contributed by atoms with van der Waals surface area (Å²) < 4.78 is 50.9. The molecule has 0 radical (unpaired) electrons. The lowest BCUT2D eigenvalue weighted by atomic mass is 10.1. The Kier molecular flexibility index (Phi) is 7.56. The van der Waals surface area contributed by atoms with E-state index in [0.29, 0.717) is 22.6 Å². The van der Waals surface area contributed by atoms with Gasteiger partial charge in [-0.15, -0.1) is 0 Å². The van der Waals surface area contributed by atoms with Crippen molar-refractivity contribution < 1.29 is 21.6 Å². The molecule has 0 aliphatic heterocycles. The summed E-state index contributed by atoms with van der Waals surface area (Å²) in [6.45, 7) is 4.03. The molecule has 186 valence electrons. The highest BCUT2D eigenvalue weighted by atomic mass is 32.2. The Hall–Kier alpha value is -3.37. The average Bonchev–Trinajstić information content (AvgIpc) is 2.78. The van der Waals surface area contributed by atoms with Crippen LogP contribution in [-0.2, 0) is 26.6 Å². The molecule has 0 aliphatic carbocycles. The number of sulfonamides is 2. The molecule has 8 nitrogen and oxygen atoms in total. The highest BCUT2D eigenvalue weighted by Crippen LogP contribution is 2.24. The first-order valence-corrected chi connectivity index (χ1v) is 14.4. The van der Waals surface area contributed by atoms with Crippen molar-refractivity contribution in [3.05, 3.63) is 89.0 Å². The van der Waals surface area contributed by atoms with E-state index in [1.807, 2.05) is 26.0 Å². The molecule has 1 amide bonds. The molecule has 0 atom stereocenters. The Morgan fingerprint density at radius 2 is 1.46 bits per heavy atom. The van der Waals surface area contributed by atoms with E-state index in [2.05, 4.69) is 5.32 Å². The average molecular weight is 516 g/mol. The second-order valence-electron chi connectivity index (χ2n) is 8.47. The third-order valence-electron chi connectivity index (χ3n) is 5.69. The van der Waals surface area contributed by atoms with Gasteiger partial charge in [0, 0.05) is 18.3 Å². The fourth-order valence-corrected chi connectivity index (χ4v) is 4.76. The smallest absolute Gasteiger partial charge is 0.255 e. The molecule has 10 heteroatoms. The Morgan fingerprint density at radius 3 is 2.03 bits per heavy atom. The molecule has 0 heterocycles. The number of amides is 1. The largest absolute Gasteiger partial charge is 0.322 e. The van der Waals surface area contributed by atoms with Crippen molar-refractivity contribution in [2.24, 2.45) is 0 Å². The number of benzene rings is 3. The monoisotopic (exact) mass is 515 g/mol. The van der Waals surface area contributed by atoms with E-state index in [1.54, 1.807) is 54.6 Å². The molecule has 35 heavy (non-hydrogen) atoms. The van der Waals surface area contributed by atoms with Gasteiger partial charge in [-0.3, -0.25) is 13.4 Å². The van der Waals surface area contributed by atoms with Gasteiger partial charge in [0.05, 0.1) is 30.4 Å². The molecule has 3 rings (SSSR count). The van der Waals surface area contributed by atoms with Crippen LogP contribution < -0.4 is 13.9 Å². The maximum Gasteiger partial charge on any atom is 0.255 e. The Morgan fingerprint density at radius 1 is 0.800 bits per heavy atom. The quantitative estimate of drug-likeness (QED) is 0.490. The van der Waals surface area contributed by atoms with Crippen LogP contribution in [0, 0.1) is 13.8 Å². The number of nitrogens with one attached hydrogen (secondary N) is 1. The number of hydrogen-bond donors (Lipinski definition) is 1. The second kappa shape index (κ2) is 10.1. The number of anilines is 3. The van der Waals surface area contributed by atoms with Gasteiger partial charge in [-0.25, -0.2) is 16.8 Å². The zero-order valence-corrected chi connectivity index (χ0v) is 21.9. The van der Waals surface area contributed by atoms with Crippen LogP contribution in [0.3, 0.4) is 0 Å². The van der Waals surface area contributed by atoms with Crippen LogP contribution in [0.25, 0.3) is 0 Å². The molecule has 0 fully saturated rings. The summed E-state index contributed by atoms with van der Waals surface area (Å²) >= 11 is 0. The van der Waals surface area contributed by atoms with Crippen LogP contribution in [0.2, 0.25) is 0 Å². The number of hydrogen-bond acceptors (Lipinski definition) is 5. The third kappa shape index (κ3) is 6.61. The van der Waals surface area contributed by atoms with E-state index in [-0.39, 0.29) is 12.5 Å². The van der Waals surface area contributed by atoms with Crippen molar-refractivity contribution in [2.75, 3.05) is 33.5 Å². The summed E-state index contributed by atoms with van der Waals surface area (Å²) in [5, 5.41) is 2.76. The first-order chi connectivity index (χ1) is 16.3. The number of carbonyl (C=O) groups excluding carboxylic acids is 1. The molecular formula is C25H29N3O5S2. The van der Waals surface area contributed by atoms with Crippen molar-refractivity contribution in [2.45, 2.75) is 20.4 Å². The molecule has 0 aliphatic rings. The Bertz CT molecular complexity index is 1450. The minimum Gasteiger partial charge on any atom is -0.322 e. The van der Waals surface area contributed by atoms with E-state index < -0.39 is 20.0 Å². The number of nitrogens with zero attached hydrogens (tertiary/aromatic N) is 2. The van der Waals surface area contributed by atoms with Crippen LogP contribution in [-0.4, -0.2) is 42.3 Å². The maximum atomic E-state index is 12.7. The zero-order chi connectivity index (χ0) is 26.0. The third-order valence-corrected chi connectivity index (χ3v) is 8.03. The highest BCUT2D eigenvalue weighted by Gasteiger charge is 2.19. The van der Waals surface area contributed by atoms with Gasteiger partial charge in [0.25, 0.3) is 5.91 Å². The Balaban J connectivity index is 1.77. The molecule has 0 saturated heterocycles. The fraction of sp³-hybridized carbons (Fsp3) is 0.240. The molecule has 0 aromatic heterocycles. The van der Waals surface area contributed by atoms with Crippen LogP contribution in [0.15, 0.2) is 66.7 Å². The lowest BCUT2D eigenvalue weighted by molar-refractivity contribution is 0.102. The summed E-state index contributed by atoms with van der Waals surface area (Å²) in [4.78, 5) is 12.7. The summed E-state index contributed by atoms with van der Waals surface area (Å²) in [6, 6.07) is 18.7. The second-order valence-corrected chi connectivity index (χ2v) is 12.4. The molecule has 0 spiro atoms. The first-order valence-electron chi connectivity index (χ1n) is 10.7. The first kappa shape index (κ1) is 26.2. The molecular weight excluding hydrogens is 486 g/mol. The SMILES string of the molecule is Cc1ccc(N(Cc2ccc(C(=O)Nc3cccc(N(C)S(C)(=O)=O)c3)cc2)S(C)(=O)=O)cc1C. The van der Waals surface area contributed by atoms with Crippen LogP contribution in [0.1, 0.15) is 27.0 Å². The van der Waals surface area contributed by atoms with Gasteiger partial charge < -0.3 is 5.32 Å². The number of carbonyl (C=O) groups is 1. The van der Waals surface area contributed by atoms with Crippen molar-refractivity contribution in [3.8, 4) is 0 Å². The molecule has 0 saturated carbocycles. The number of rotatable bonds is 8. The highest BCUT2D eigenvalue weighted by molar-refractivity contribution is 7.92. The molecule has 1 N–H and O–H groups in total. The fourth-order valence-electron chi connectivity index (χ4n) is 3.38. The predicted octanol–water partition coefficient (Wildman–Crippen LogP) is 3.92. The van der Waals surface area contributed by atoms with Gasteiger partial charge in [-0.2, -0.15) is 0 Å². The summed E-state index contributed by atoms with van der Waals surface area (Å²) in [7, 11) is -5.52. The molecule has 0 bridgehead atoms. The summed E-state index contributed by atoms with van der Waals surface area (Å²) in [6.07, 6.45) is 2.27. The van der Waals surface area contributed by atoms with Gasteiger partial charge in [0.15, 0.2) is 0 Å². The van der Waals surface area contributed by atoms with E-state index in [0.717, 1.165) is 27.3 Å². The van der Waals surface area contributed by atoms with Gasteiger partial charge in [0.1, 0.15) is 0 Å². The van der Waals surface area contributed by atoms with Crippen molar-refractivity contribution in [1.29, 1.82) is 0 Å². The van der Waals surface area contributed by atoms with Gasteiger partial charge in [-0.1, -0.05) is 24.3 Å². The van der Waals surface area contributed by atoms with E-state index in [9.17, 15) is 21.6 Å². The lowest BCUT2D eigenvalue weighted by Gasteiger charge is -2.23. The van der Waals surface area contributed by atoms with Gasteiger partial charge in [0.2, 0.25) is 20.0 Å². The zero-order valence-electron chi connectivity index (χ0n) is 20.3. The van der Waals surface area contributed by atoms with Crippen LogP contribution in [0.4, 0.5) is 17.1 Å². The summed E-state index contributed by atoms with van der Waals surface area (Å²) in [5.74, 6) is -0.371. The van der Waals surface area contributed by atoms with Crippen molar-refractivity contribution in [3.63, 3.8) is 0 Å². The number of aryl methyl sites for hydroxylation is 2. The summed E-state index contributed by atoms with van der Waals surface area (Å²) in [5.41, 5.74) is 4.63. The molecule has 3 aromatic carbocycles. The predicted molar refractivity (Wildman–Crippen MR) is 141 cm³/mol. The van der Waals surface area contributed by atoms with Crippen molar-refractivity contribution in [1.82, 2.24) is 0 Å². The minimum absolute atomic E-state index is 0.128. The normalized spacial score (nSPS) is 11.7. The van der Waals surface area contributed by atoms with E-state index in [1.165, 1.54) is 17.6 Å². The van der Waals surface area contributed by atoms with Gasteiger partial charge in [-0.05, 0) is 73.0 Å². The molecule has 3 aromatic rings. The van der Waals surface area contributed by atoms with Gasteiger partial charge >= 0.3 is 0 Å².